The molecule has 2 rings (SSSR count). The lowest BCUT2D eigenvalue weighted by molar-refractivity contribution is -0.385. The van der Waals surface area contributed by atoms with E-state index in [0.717, 1.165) is 10.4 Å². The summed E-state index contributed by atoms with van der Waals surface area (Å²) in [5.74, 6) is -1.80. The zero-order valence-electron chi connectivity index (χ0n) is 12.8. The molecule has 1 aliphatic heterocycles. The Morgan fingerprint density at radius 3 is 2.61 bits per heavy atom. The smallest absolute Gasteiger partial charge is 0.307 e. The summed E-state index contributed by atoms with van der Waals surface area (Å²) in [6, 6.07) is 3.30. The lowest BCUT2D eigenvalue weighted by atomic mass is 9.96. The van der Waals surface area contributed by atoms with Gasteiger partial charge in [-0.25, -0.2) is 8.42 Å². The van der Waals surface area contributed by atoms with Gasteiger partial charge in [0.05, 0.1) is 15.7 Å². The van der Waals surface area contributed by atoms with Crippen molar-refractivity contribution in [3.05, 3.63) is 33.9 Å². The highest BCUT2D eigenvalue weighted by atomic mass is 32.2. The predicted molar refractivity (Wildman–Crippen MR) is 81.5 cm³/mol. The molecule has 0 aromatic heterocycles. The lowest BCUT2D eigenvalue weighted by Gasteiger charge is -2.35. The maximum Gasteiger partial charge on any atom is 0.307 e. The van der Waals surface area contributed by atoms with Gasteiger partial charge in [-0.1, -0.05) is 6.07 Å². The number of non-ortho nitro benzene ring substituents is 1. The first kappa shape index (κ1) is 17.4. The number of aryl methyl sites for hydroxylation is 1. The second-order valence-electron chi connectivity index (χ2n) is 5.74. The van der Waals surface area contributed by atoms with Gasteiger partial charge in [-0.15, -0.1) is 0 Å². The van der Waals surface area contributed by atoms with Crippen LogP contribution >= 0.6 is 0 Å². The van der Waals surface area contributed by atoms with E-state index < -0.39 is 26.8 Å². The number of hydrogen-bond donors (Lipinski definition) is 1. The number of carbonyl (C=O) groups is 1. The van der Waals surface area contributed by atoms with Gasteiger partial charge in [-0.3, -0.25) is 14.9 Å². The summed E-state index contributed by atoms with van der Waals surface area (Å²) in [6.45, 7) is 3.14. The minimum Gasteiger partial charge on any atom is -0.481 e. The minimum atomic E-state index is -4.00. The molecule has 2 atom stereocenters. The number of nitrogens with zero attached hydrogens (tertiary/aromatic N) is 2. The summed E-state index contributed by atoms with van der Waals surface area (Å²) in [5, 5.41) is 20.0. The Kier molecular flexibility index (Phi) is 4.71. The summed E-state index contributed by atoms with van der Waals surface area (Å²) in [4.78, 5) is 21.3. The summed E-state index contributed by atoms with van der Waals surface area (Å²) in [6.07, 6.45) is 0.848. The van der Waals surface area contributed by atoms with Gasteiger partial charge >= 0.3 is 5.97 Å². The molecule has 1 heterocycles. The zero-order chi connectivity index (χ0) is 17.4. The van der Waals surface area contributed by atoms with E-state index in [1.165, 1.54) is 12.1 Å². The summed E-state index contributed by atoms with van der Waals surface area (Å²) in [7, 11) is -4.00. The number of hydrogen-bond acceptors (Lipinski definition) is 5. The van der Waals surface area contributed by atoms with Gasteiger partial charge in [0, 0.05) is 24.7 Å². The van der Waals surface area contributed by atoms with Crippen LogP contribution in [0.2, 0.25) is 0 Å². The monoisotopic (exact) mass is 342 g/mol. The Morgan fingerprint density at radius 2 is 2.04 bits per heavy atom. The quantitative estimate of drug-likeness (QED) is 0.658. The Balaban J connectivity index is 2.46. The van der Waals surface area contributed by atoms with Gasteiger partial charge in [0.15, 0.2) is 0 Å². The average Bonchev–Trinajstić information content (AvgIpc) is 2.47. The van der Waals surface area contributed by atoms with Crippen LogP contribution in [0.3, 0.4) is 0 Å². The van der Waals surface area contributed by atoms with Crippen molar-refractivity contribution >= 4 is 21.7 Å². The third-order valence-corrected chi connectivity index (χ3v) is 6.27. The Hall–Kier alpha value is -2.00. The van der Waals surface area contributed by atoms with Gasteiger partial charge in [0.2, 0.25) is 10.0 Å². The van der Waals surface area contributed by atoms with Gasteiger partial charge in [-0.05, 0) is 32.3 Å². The summed E-state index contributed by atoms with van der Waals surface area (Å²) >= 11 is 0. The Morgan fingerprint density at radius 1 is 1.39 bits per heavy atom. The van der Waals surface area contributed by atoms with Crippen LogP contribution in [0.25, 0.3) is 0 Å². The van der Waals surface area contributed by atoms with Crippen molar-refractivity contribution in [1.82, 2.24) is 4.31 Å². The Bertz CT molecular complexity index is 746. The molecule has 1 saturated heterocycles. The van der Waals surface area contributed by atoms with Crippen LogP contribution in [0, 0.1) is 23.0 Å². The molecule has 126 valence electrons. The maximum absolute atomic E-state index is 12.9. The van der Waals surface area contributed by atoms with Crippen LogP contribution in [-0.2, 0) is 14.8 Å². The topological polar surface area (TPSA) is 118 Å². The van der Waals surface area contributed by atoms with Crippen LogP contribution < -0.4 is 0 Å². The molecule has 23 heavy (non-hydrogen) atoms. The number of nitro benzene ring substituents is 1. The number of carboxylic acid groups (broad SMARTS) is 1. The van der Waals surface area contributed by atoms with Crippen LogP contribution in [0.4, 0.5) is 5.69 Å². The molecule has 0 aliphatic carbocycles. The van der Waals surface area contributed by atoms with Crippen molar-refractivity contribution in [2.45, 2.75) is 37.6 Å². The van der Waals surface area contributed by atoms with Crippen LogP contribution in [0.1, 0.15) is 25.3 Å². The van der Waals surface area contributed by atoms with Gasteiger partial charge in [0.25, 0.3) is 5.69 Å². The van der Waals surface area contributed by atoms with Crippen molar-refractivity contribution in [1.29, 1.82) is 0 Å². The molecule has 0 amide bonds. The maximum atomic E-state index is 12.9. The number of piperidine rings is 1. The number of sulfonamides is 1. The SMILES string of the molecule is Cc1ccc([N+](=O)[O-])cc1S(=O)(=O)N1CC(C(=O)O)CCC1C. The first-order chi connectivity index (χ1) is 10.6. The average molecular weight is 342 g/mol. The molecule has 1 aliphatic rings. The second-order valence-corrected chi connectivity index (χ2v) is 7.60. The molecule has 9 heteroatoms. The first-order valence-electron chi connectivity index (χ1n) is 7.14. The molecule has 0 radical (unpaired) electrons. The molecule has 8 nitrogen and oxygen atoms in total. The number of benzene rings is 1. The van der Waals surface area contributed by atoms with Crippen molar-refractivity contribution in [2.75, 3.05) is 6.54 Å². The highest BCUT2D eigenvalue weighted by Crippen LogP contribution is 2.31. The largest absolute Gasteiger partial charge is 0.481 e. The molecule has 1 N–H and O–H groups in total. The van der Waals surface area contributed by atoms with Crippen LogP contribution in [0.15, 0.2) is 23.1 Å². The van der Waals surface area contributed by atoms with Crippen LogP contribution in [-0.4, -0.2) is 41.3 Å². The highest BCUT2D eigenvalue weighted by Gasteiger charge is 2.38. The summed E-state index contributed by atoms with van der Waals surface area (Å²) < 4.78 is 26.9. The number of rotatable bonds is 4. The number of nitro groups is 1. The number of carboxylic acids is 1. The normalized spacial score (nSPS) is 22.7. The van der Waals surface area contributed by atoms with E-state index in [1.807, 2.05) is 0 Å². The predicted octanol–water partition coefficient (Wildman–Crippen LogP) is 1.78. The third kappa shape index (κ3) is 3.35. The second kappa shape index (κ2) is 6.25. The van der Waals surface area contributed by atoms with E-state index in [2.05, 4.69) is 0 Å². The van der Waals surface area contributed by atoms with E-state index in [-0.39, 0.29) is 23.2 Å². The van der Waals surface area contributed by atoms with Crippen molar-refractivity contribution in [3.63, 3.8) is 0 Å². The molecular formula is C14H18N2O6S. The molecule has 1 fully saturated rings. The highest BCUT2D eigenvalue weighted by molar-refractivity contribution is 7.89. The lowest BCUT2D eigenvalue weighted by Crippen LogP contribution is -2.47. The van der Waals surface area contributed by atoms with E-state index in [9.17, 15) is 23.3 Å². The van der Waals surface area contributed by atoms with Gasteiger partial charge in [0.1, 0.15) is 0 Å². The molecule has 0 bridgehead atoms. The van der Waals surface area contributed by atoms with Gasteiger partial charge < -0.3 is 5.11 Å². The molecule has 0 spiro atoms. The molecule has 0 saturated carbocycles. The first-order valence-corrected chi connectivity index (χ1v) is 8.58. The van der Waals surface area contributed by atoms with E-state index in [0.29, 0.717) is 18.4 Å². The Labute approximate surface area is 133 Å². The standard InChI is InChI=1S/C14H18N2O6S/c1-9-3-6-12(16(19)20)7-13(9)23(21,22)15-8-11(14(17)18)5-4-10(15)2/h3,6-7,10-11H,4-5,8H2,1-2H3,(H,17,18). The van der Waals surface area contributed by atoms with E-state index in [4.69, 9.17) is 5.11 Å². The third-order valence-electron chi connectivity index (χ3n) is 4.14. The zero-order valence-corrected chi connectivity index (χ0v) is 13.6. The van der Waals surface area contributed by atoms with E-state index >= 15 is 0 Å². The summed E-state index contributed by atoms with van der Waals surface area (Å²) in [5.41, 5.74) is 0.0777. The molecule has 2 unspecified atom stereocenters. The molecule has 1 aromatic rings. The number of aliphatic carboxylic acids is 1. The van der Waals surface area contributed by atoms with Crippen molar-refractivity contribution in [3.8, 4) is 0 Å². The molecular weight excluding hydrogens is 324 g/mol. The van der Waals surface area contributed by atoms with E-state index in [1.54, 1.807) is 13.8 Å². The molecule has 1 aromatic carbocycles. The fraction of sp³-hybridized carbons (Fsp3) is 0.500. The fourth-order valence-corrected chi connectivity index (χ4v) is 4.67. The van der Waals surface area contributed by atoms with Crippen molar-refractivity contribution < 1.29 is 23.2 Å². The van der Waals surface area contributed by atoms with Crippen molar-refractivity contribution in [2.24, 2.45) is 5.92 Å². The fourth-order valence-electron chi connectivity index (χ4n) is 2.72. The van der Waals surface area contributed by atoms with Crippen LogP contribution in [0.5, 0.6) is 0 Å². The minimum absolute atomic E-state index is 0.124. The van der Waals surface area contributed by atoms with Gasteiger partial charge in [-0.2, -0.15) is 4.31 Å².